The van der Waals surface area contributed by atoms with Crippen molar-refractivity contribution in [1.29, 1.82) is 5.26 Å². The Bertz CT molecular complexity index is 598. The fourth-order valence-electron chi connectivity index (χ4n) is 1.58. The van der Waals surface area contributed by atoms with E-state index in [9.17, 15) is 0 Å². The van der Waals surface area contributed by atoms with E-state index in [0.717, 1.165) is 11.3 Å². The molecule has 0 radical (unpaired) electrons. The quantitative estimate of drug-likeness (QED) is 0.518. The highest BCUT2D eigenvalue weighted by atomic mass is 16.6. The van der Waals surface area contributed by atoms with Crippen molar-refractivity contribution in [2.75, 3.05) is 7.11 Å². The molecule has 2 aromatic rings. The second-order valence-electron chi connectivity index (χ2n) is 3.79. The third-order valence-electron chi connectivity index (χ3n) is 2.48. The number of hydroxylamine groups is 1. The van der Waals surface area contributed by atoms with Crippen LogP contribution in [0.25, 0.3) is 0 Å². The average molecular weight is 251 g/mol. The molecule has 0 unspecified atom stereocenters. The van der Waals surface area contributed by atoms with Crippen molar-refractivity contribution < 1.29 is 4.84 Å². The first-order valence-electron chi connectivity index (χ1n) is 5.77. The van der Waals surface area contributed by atoms with Crippen LogP contribution in [-0.2, 0) is 4.84 Å². The number of nitrogens with one attached hydrogen (secondary N) is 1. The van der Waals surface area contributed by atoms with Crippen molar-refractivity contribution >= 4 is 11.5 Å². The summed E-state index contributed by atoms with van der Waals surface area (Å²) in [6.07, 6.45) is 0. The number of hydrogen-bond acceptors (Lipinski definition) is 3. The second kappa shape index (κ2) is 6.34. The summed E-state index contributed by atoms with van der Waals surface area (Å²) >= 11 is 0. The molecular weight excluding hydrogens is 238 g/mol. The summed E-state index contributed by atoms with van der Waals surface area (Å²) in [5.41, 5.74) is 5.05. The molecule has 1 N–H and O–H groups in total. The molecule has 0 bridgehead atoms. The Morgan fingerprint density at radius 1 is 1.11 bits per heavy atom. The zero-order valence-corrected chi connectivity index (χ0v) is 10.5. The minimum Gasteiger partial charge on any atom is -0.278 e. The third kappa shape index (κ3) is 3.41. The minimum absolute atomic E-state index is 0.611. The van der Waals surface area contributed by atoms with Crippen LogP contribution >= 0.6 is 0 Å². The number of rotatable bonds is 3. The van der Waals surface area contributed by atoms with Gasteiger partial charge < -0.3 is 0 Å². The molecule has 0 saturated heterocycles. The number of nitrogens with zero attached hydrogens (tertiary/aromatic N) is 2. The lowest BCUT2D eigenvalue weighted by Gasteiger charge is -2.07. The molecule has 0 atom stereocenters. The van der Waals surface area contributed by atoms with Gasteiger partial charge in [0, 0.05) is 5.56 Å². The van der Waals surface area contributed by atoms with E-state index >= 15 is 0 Å². The fourth-order valence-corrected chi connectivity index (χ4v) is 1.58. The van der Waals surface area contributed by atoms with E-state index < -0.39 is 0 Å². The van der Waals surface area contributed by atoms with Gasteiger partial charge in [-0.25, -0.2) is 10.5 Å². The van der Waals surface area contributed by atoms with Crippen LogP contribution in [0.1, 0.15) is 11.1 Å². The molecular formula is C15H13N3O. The number of aliphatic imine (C=N–C) groups is 1. The summed E-state index contributed by atoms with van der Waals surface area (Å²) in [5.74, 6) is 0.618. The third-order valence-corrected chi connectivity index (χ3v) is 2.48. The van der Waals surface area contributed by atoms with Gasteiger partial charge in [0.2, 0.25) is 0 Å². The molecule has 2 rings (SSSR count). The minimum atomic E-state index is 0.611. The Balaban J connectivity index is 2.33. The van der Waals surface area contributed by atoms with Crippen molar-refractivity contribution in [3.8, 4) is 6.07 Å². The molecule has 0 amide bonds. The van der Waals surface area contributed by atoms with Crippen LogP contribution in [0.2, 0.25) is 0 Å². The first-order valence-corrected chi connectivity index (χ1v) is 5.77. The first kappa shape index (κ1) is 12.8. The van der Waals surface area contributed by atoms with Crippen molar-refractivity contribution in [2.45, 2.75) is 0 Å². The predicted octanol–water partition coefficient (Wildman–Crippen LogP) is 2.79. The highest BCUT2D eigenvalue weighted by Crippen LogP contribution is 2.14. The van der Waals surface area contributed by atoms with E-state index in [1.807, 2.05) is 30.3 Å². The zero-order chi connectivity index (χ0) is 13.5. The Hall–Kier alpha value is -2.64. The first-order chi connectivity index (χ1) is 9.33. The normalized spacial score (nSPS) is 10.8. The van der Waals surface area contributed by atoms with Gasteiger partial charge in [-0.2, -0.15) is 5.26 Å². The molecule has 0 aromatic heterocycles. The maximum absolute atomic E-state index is 8.75. The molecule has 0 aliphatic rings. The van der Waals surface area contributed by atoms with Crippen LogP contribution in [0, 0.1) is 11.3 Å². The summed E-state index contributed by atoms with van der Waals surface area (Å²) < 4.78 is 0. The van der Waals surface area contributed by atoms with Crippen LogP contribution in [0.3, 0.4) is 0 Å². The standard InChI is InChI=1S/C15H13N3O/c1-19-18-15(13-5-3-2-4-6-13)17-14-9-7-12(11-16)8-10-14/h2-10H,1H3,(H,17,18). The Kier molecular flexibility index (Phi) is 4.27. The highest BCUT2D eigenvalue weighted by molar-refractivity contribution is 5.99. The van der Waals surface area contributed by atoms with Gasteiger partial charge in [-0.05, 0) is 24.3 Å². The van der Waals surface area contributed by atoms with Gasteiger partial charge in [0.15, 0.2) is 5.84 Å². The Morgan fingerprint density at radius 3 is 2.37 bits per heavy atom. The largest absolute Gasteiger partial charge is 0.278 e. The lowest BCUT2D eigenvalue weighted by Crippen LogP contribution is -2.22. The monoisotopic (exact) mass is 251 g/mol. The van der Waals surface area contributed by atoms with Gasteiger partial charge in [-0.15, -0.1) is 0 Å². The maximum atomic E-state index is 8.75. The summed E-state index contributed by atoms with van der Waals surface area (Å²) in [5, 5.41) is 8.75. The van der Waals surface area contributed by atoms with Crippen LogP contribution < -0.4 is 5.48 Å². The molecule has 0 aliphatic carbocycles. The van der Waals surface area contributed by atoms with E-state index in [-0.39, 0.29) is 0 Å². The molecule has 0 fully saturated rings. The van der Waals surface area contributed by atoms with Gasteiger partial charge in [0.05, 0.1) is 24.4 Å². The summed E-state index contributed by atoms with van der Waals surface area (Å²) in [7, 11) is 1.54. The molecule has 0 spiro atoms. The summed E-state index contributed by atoms with van der Waals surface area (Å²) in [6, 6.07) is 18.8. The molecule has 94 valence electrons. The molecule has 0 aliphatic heterocycles. The van der Waals surface area contributed by atoms with Gasteiger partial charge in [0.25, 0.3) is 0 Å². The van der Waals surface area contributed by atoms with Crippen molar-refractivity contribution in [3.05, 3.63) is 65.7 Å². The molecule has 0 heterocycles. The number of benzene rings is 2. The van der Waals surface area contributed by atoms with Crippen LogP contribution in [-0.4, -0.2) is 12.9 Å². The van der Waals surface area contributed by atoms with Crippen molar-refractivity contribution in [3.63, 3.8) is 0 Å². The number of hydrogen-bond donors (Lipinski definition) is 1. The van der Waals surface area contributed by atoms with Crippen LogP contribution in [0.15, 0.2) is 59.6 Å². The van der Waals surface area contributed by atoms with Crippen LogP contribution in [0.5, 0.6) is 0 Å². The highest BCUT2D eigenvalue weighted by Gasteiger charge is 2.02. The van der Waals surface area contributed by atoms with E-state index in [1.165, 1.54) is 7.11 Å². The summed E-state index contributed by atoms with van der Waals surface area (Å²) in [4.78, 5) is 9.41. The number of nitriles is 1. The SMILES string of the molecule is CONC(=Nc1ccc(C#N)cc1)c1ccccc1. The zero-order valence-electron chi connectivity index (χ0n) is 10.5. The van der Waals surface area contributed by atoms with Gasteiger partial charge >= 0.3 is 0 Å². The Morgan fingerprint density at radius 2 is 1.79 bits per heavy atom. The summed E-state index contributed by atoms with van der Waals surface area (Å²) in [6.45, 7) is 0. The lowest BCUT2D eigenvalue weighted by atomic mass is 10.2. The average Bonchev–Trinajstić information content (AvgIpc) is 2.48. The van der Waals surface area contributed by atoms with Crippen LogP contribution in [0.4, 0.5) is 5.69 Å². The number of amidine groups is 1. The van der Waals surface area contributed by atoms with E-state index in [0.29, 0.717) is 11.4 Å². The molecule has 2 aromatic carbocycles. The molecule has 19 heavy (non-hydrogen) atoms. The fraction of sp³-hybridized carbons (Fsp3) is 0.0667. The van der Waals surface area contributed by atoms with Gasteiger partial charge in [-0.1, -0.05) is 30.3 Å². The predicted molar refractivity (Wildman–Crippen MR) is 73.9 cm³/mol. The van der Waals surface area contributed by atoms with E-state index in [4.69, 9.17) is 10.1 Å². The van der Waals surface area contributed by atoms with Gasteiger partial charge in [-0.3, -0.25) is 4.84 Å². The van der Waals surface area contributed by atoms with E-state index in [1.54, 1.807) is 24.3 Å². The maximum Gasteiger partial charge on any atom is 0.157 e. The molecule has 4 nitrogen and oxygen atoms in total. The van der Waals surface area contributed by atoms with Gasteiger partial charge in [0.1, 0.15) is 0 Å². The van der Waals surface area contributed by atoms with Crippen molar-refractivity contribution in [2.24, 2.45) is 4.99 Å². The lowest BCUT2D eigenvalue weighted by molar-refractivity contribution is 0.145. The van der Waals surface area contributed by atoms with Crippen molar-refractivity contribution in [1.82, 2.24) is 5.48 Å². The topological polar surface area (TPSA) is 57.4 Å². The second-order valence-corrected chi connectivity index (χ2v) is 3.79. The smallest absolute Gasteiger partial charge is 0.157 e. The Labute approximate surface area is 111 Å². The molecule has 4 heteroatoms. The molecule has 0 saturated carbocycles. The van der Waals surface area contributed by atoms with E-state index in [2.05, 4.69) is 16.5 Å².